The lowest BCUT2D eigenvalue weighted by molar-refractivity contribution is -0.167. The third kappa shape index (κ3) is 69.8. The zero-order valence-electron chi connectivity index (χ0n) is 55.7. The van der Waals surface area contributed by atoms with Crippen molar-refractivity contribution in [2.75, 3.05) is 13.2 Å². The highest BCUT2D eigenvalue weighted by Gasteiger charge is 2.19. The van der Waals surface area contributed by atoms with E-state index in [4.69, 9.17) is 14.2 Å². The summed E-state index contributed by atoms with van der Waals surface area (Å²) in [6.07, 6.45) is 92.5. The maximum Gasteiger partial charge on any atom is 0.306 e. The summed E-state index contributed by atoms with van der Waals surface area (Å²) in [7, 11) is 0. The Morgan fingerprint density at radius 1 is 0.241 bits per heavy atom. The summed E-state index contributed by atoms with van der Waals surface area (Å²) in [6, 6.07) is 0. The summed E-state index contributed by atoms with van der Waals surface area (Å²) in [5.74, 6) is -0.853. The van der Waals surface area contributed by atoms with Crippen molar-refractivity contribution >= 4 is 17.9 Å². The molecule has 0 saturated heterocycles. The minimum atomic E-state index is -0.778. The highest BCUT2D eigenvalue weighted by molar-refractivity contribution is 5.71. The van der Waals surface area contributed by atoms with Crippen molar-refractivity contribution in [3.63, 3.8) is 0 Å². The maximum absolute atomic E-state index is 13.0. The molecule has 484 valence electrons. The molecular weight excluding hydrogens is 1020 g/mol. The third-order valence-corrected chi connectivity index (χ3v) is 16.5. The molecule has 0 aliphatic heterocycles. The number of carbonyl (C=O) groups excluding carboxylic acids is 3. The lowest BCUT2D eigenvalue weighted by Crippen LogP contribution is -2.30. The van der Waals surface area contributed by atoms with E-state index in [2.05, 4.69) is 81.5 Å². The van der Waals surface area contributed by atoms with Gasteiger partial charge in [0.1, 0.15) is 13.2 Å². The topological polar surface area (TPSA) is 78.9 Å². The Morgan fingerprint density at radius 3 is 0.675 bits per heavy atom. The minimum absolute atomic E-state index is 0.0725. The summed E-state index contributed by atoms with van der Waals surface area (Å²) in [5, 5.41) is 0. The van der Waals surface area contributed by atoms with Crippen LogP contribution in [-0.4, -0.2) is 37.2 Å². The molecule has 83 heavy (non-hydrogen) atoms. The molecule has 1 unspecified atom stereocenters. The number of hydrogen-bond donors (Lipinski definition) is 0. The molecule has 0 aliphatic carbocycles. The molecule has 0 amide bonds. The molecule has 0 bridgehead atoms. The van der Waals surface area contributed by atoms with Crippen molar-refractivity contribution in [1.29, 1.82) is 0 Å². The van der Waals surface area contributed by atoms with Crippen LogP contribution in [0.25, 0.3) is 0 Å². The number of unbranched alkanes of at least 4 members (excludes halogenated alkanes) is 47. The fourth-order valence-corrected chi connectivity index (χ4v) is 11.0. The molecule has 6 nitrogen and oxygen atoms in total. The van der Waals surface area contributed by atoms with E-state index in [0.717, 1.165) is 83.5 Å². The predicted octanol–water partition coefficient (Wildman–Crippen LogP) is 25.5. The van der Waals surface area contributed by atoms with Gasteiger partial charge in [-0.2, -0.15) is 0 Å². The van der Waals surface area contributed by atoms with Crippen molar-refractivity contribution < 1.29 is 28.6 Å². The smallest absolute Gasteiger partial charge is 0.306 e. The van der Waals surface area contributed by atoms with Crippen LogP contribution in [0.15, 0.2) is 60.8 Å². The lowest BCUT2D eigenvalue weighted by atomic mass is 10.0. The number of allylic oxidation sites excluding steroid dienone is 10. The molecule has 0 rings (SSSR count). The summed E-state index contributed by atoms with van der Waals surface area (Å²) < 4.78 is 17.0. The van der Waals surface area contributed by atoms with E-state index < -0.39 is 6.10 Å². The molecular formula is C77H140O6. The average molecular weight is 1160 g/mol. The van der Waals surface area contributed by atoms with Crippen molar-refractivity contribution in [2.45, 2.75) is 399 Å². The molecule has 0 aliphatic rings. The Kier molecular flexibility index (Phi) is 69.1. The van der Waals surface area contributed by atoms with Crippen LogP contribution in [-0.2, 0) is 28.6 Å². The highest BCUT2D eigenvalue weighted by atomic mass is 16.6. The normalized spacial score (nSPS) is 12.4. The Morgan fingerprint density at radius 2 is 0.434 bits per heavy atom. The molecule has 0 radical (unpaired) electrons. The first-order valence-electron chi connectivity index (χ1n) is 36.8. The Labute approximate surface area is 517 Å². The first kappa shape index (κ1) is 80.1. The summed E-state index contributed by atoms with van der Waals surface area (Å²) in [5.41, 5.74) is 0. The number of carbonyl (C=O) groups is 3. The van der Waals surface area contributed by atoms with Crippen molar-refractivity contribution in [3.8, 4) is 0 Å². The summed E-state index contributed by atoms with van der Waals surface area (Å²) in [4.78, 5) is 38.5. The van der Waals surface area contributed by atoms with E-state index >= 15 is 0 Å². The second-order valence-electron chi connectivity index (χ2n) is 24.9. The zero-order chi connectivity index (χ0) is 59.9. The van der Waals surface area contributed by atoms with Crippen LogP contribution < -0.4 is 0 Å². The zero-order valence-corrected chi connectivity index (χ0v) is 55.7. The van der Waals surface area contributed by atoms with Crippen LogP contribution in [0.4, 0.5) is 0 Å². The monoisotopic (exact) mass is 1160 g/mol. The summed E-state index contributed by atoms with van der Waals surface area (Å²) >= 11 is 0. The van der Waals surface area contributed by atoms with Crippen LogP contribution in [0.5, 0.6) is 0 Å². The van der Waals surface area contributed by atoms with E-state index in [9.17, 15) is 14.4 Å². The molecule has 0 heterocycles. The molecule has 0 aromatic carbocycles. The molecule has 0 aromatic rings. The molecule has 0 aromatic heterocycles. The van der Waals surface area contributed by atoms with E-state index in [1.807, 2.05) is 0 Å². The van der Waals surface area contributed by atoms with Crippen LogP contribution >= 0.6 is 0 Å². The van der Waals surface area contributed by atoms with Gasteiger partial charge in [0.05, 0.1) is 0 Å². The van der Waals surface area contributed by atoms with Crippen molar-refractivity contribution in [2.24, 2.45) is 0 Å². The fourth-order valence-electron chi connectivity index (χ4n) is 11.0. The van der Waals surface area contributed by atoms with Crippen molar-refractivity contribution in [3.05, 3.63) is 60.8 Å². The van der Waals surface area contributed by atoms with Gasteiger partial charge >= 0.3 is 17.9 Å². The molecule has 0 saturated carbocycles. The fraction of sp³-hybridized carbons (Fsp3) is 0.831. The standard InChI is InChI=1S/C77H140O6/c1-4-7-10-13-16-19-22-25-28-30-32-34-36-37-38-39-41-42-44-46-49-52-55-58-61-64-67-70-76(79)82-73-74(72-81-75(78)69-66-63-60-57-54-51-48-27-24-21-18-15-12-9-6-3)83-77(80)71-68-65-62-59-56-53-50-47-45-43-40-35-33-31-29-26-23-20-17-14-11-8-5-2/h22-23,25-26,30-33,40,43,74H,4-21,24,27-29,34-39,41-42,44-73H2,1-3H3/b25-22-,26-23-,32-30-,33-31-,43-40-. The molecule has 0 N–H and O–H groups in total. The van der Waals surface area contributed by atoms with Gasteiger partial charge in [0.25, 0.3) is 0 Å². The highest BCUT2D eigenvalue weighted by Crippen LogP contribution is 2.18. The van der Waals surface area contributed by atoms with Gasteiger partial charge in [-0.25, -0.2) is 0 Å². The van der Waals surface area contributed by atoms with Gasteiger partial charge in [-0.05, 0) is 89.9 Å². The molecule has 1 atom stereocenters. The van der Waals surface area contributed by atoms with Gasteiger partial charge in [0.2, 0.25) is 0 Å². The summed E-state index contributed by atoms with van der Waals surface area (Å²) in [6.45, 7) is 6.68. The molecule has 0 fully saturated rings. The SMILES string of the molecule is CCCCCCC/C=C\C/C=C\C/C=C\CCCCCCCCCCC(=O)OC(COC(=O)CCCCCCCCCCCCCCCCC)COC(=O)CCCCCCCCCCCCCCCCC/C=C\C/C=C\CCCCCCC. The van der Waals surface area contributed by atoms with Gasteiger partial charge in [0, 0.05) is 19.3 Å². The average Bonchev–Trinajstić information content (AvgIpc) is 3.49. The van der Waals surface area contributed by atoms with Gasteiger partial charge in [0.15, 0.2) is 6.10 Å². The number of hydrogen-bond acceptors (Lipinski definition) is 6. The number of ether oxygens (including phenoxy) is 3. The number of esters is 3. The minimum Gasteiger partial charge on any atom is -0.462 e. The van der Waals surface area contributed by atoms with Gasteiger partial charge < -0.3 is 14.2 Å². The second-order valence-corrected chi connectivity index (χ2v) is 24.9. The van der Waals surface area contributed by atoms with Gasteiger partial charge in [-0.15, -0.1) is 0 Å². The van der Waals surface area contributed by atoms with E-state index in [0.29, 0.717) is 19.3 Å². The van der Waals surface area contributed by atoms with Crippen molar-refractivity contribution in [1.82, 2.24) is 0 Å². The predicted molar refractivity (Wildman–Crippen MR) is 362 cm³/mol. The first-order chi connectivity index (χ1) is 41.0. The van der Waals surface area contributed by atoms with Crippen LogP contribution in [0.3, 0.4) is 0 Å². The first-order valence-corrected chi connectivity index (χ1v) is 36.8. The molecule has 0 spiro atoms. The molecule has 6 heteroatoms. The van der Waals surface area contributed by atoms with E-state index in [1.165, 1.54) is 270 Å². The van der Waals surface area contributed by atoms with E-state index in [-0.39, 0.29) is 31.1 Å². The van der Waals surface area contributed by atoms with Crippen LogP contribution in [0.2, 0.25) is 0 Å². The Bertz CT molecular complexity index is 1470. The van der Waals surface area contributed by atoms with Gasteiger partial charge in [-0.3, -0.25) is 14.4 Å². The van der Waals surface area contributed by atoms with E-state index in [1.54, 1.807) is 0 Å². The third-order valence-electron chi connectivity index (χ3n) is 16.5. The largest absolute Gasteiger partial charge is 0.462 e. The quantitative estimate of drug-likeness (QED) is 0.0261. The van der Waals surface area contributed by atoms with Crippen LogP contribution in [0.1, 0.15) is 393 Å². The van der Waals surface area contributed by atoms with Gasteiger partial charge in [-0.1, -0.05) is 345 Å². The Balaban J connectivity index is 4.29. The Hall–Kier alpha value is -2.89. The second kappa shape index (κ2) is 71.6. The maximum atomic E-state index is 13.0. The number of rotatable bonds is 68. The lowest BCUT2D eigenvalue weighted by Gasteiger charge is -2.18. The van der Waals surface area contributed by atoms with Crippen LogP contribution in [0, 0.1) is 0 Å².